The molecule has 0 bridgehead atoms. The van der Waals surface area contributed by atoms with E-state index in [9.17, 15) is 9.90 Å². The number of ether oxygens (including phenoxy) is 1. The average Bonchev–Trinajstić information content (AvgIpc) is 2.88. The van der Waals surface area contributed by atoms with Gasteiger partial charge in [-0.15, -0.1) is 0 Å². The molecule has 5 nitrogen and oxygen atoms in total. The molecule has 2 rings (SSSR count). The Morgan fingerprint density at radius 1 is 1.40 bits per heavy atom. The van der Waals surface area contributed by atoms with Gasteiger partial charge in [0.25, 0.3) is 0 Å². The van der Waals surface area contributed by atoms with E-state index >= 15 is 0 Å². The van der Waals surface area contributed by atoms with Gasteiger partial charge in [0.2, 0.25) is 5.91 Å². The number of rotatable bonds is 4. The van der Waals surface area contributed by atoms with Gasteiger partial charge in [0.05, 0.1) is 19.1 Å². The first-order valence-electron chi connectivity index (χ1n) is 6.95. The zero-order valence-electron chi connectivity index (χ0n) is 12.2. The van der Waals surface area contributed by atoms with Crippen molar-refractivity contribution in [3.05, 3.63) is 23.3 Å². The van der Waals surface area contributed by atoms with Crippen LogP contribution >= 0.6 is 0 Å². The van der Waals surface area contributed by atoms with Crippen molar-refractivity contribution in [1.29, 1.82) is 0 Å². The van der Waals surface area contributed by atoms with E-state index in [1.54, 1.807) is 13.0 Å². The Morgan fingerprint density at radius 3 is 2.85 bits per heavy atom. The molecule has 5 heteroatoms. The van der Waals surface area contributed by atoms with E-state index in [1.807, 2.05) is 19.9 Å². The molecule has 2 atom stereocenters. The molecular weight excluding hydrogens is 256 g/mol. The molecule has 0 spiro atoms. The minimum Gasteiger partial charge on any atom is -0.507 e. The van der Waals surface area contributed by atoms with Crippen LogP contribution in [0.25, 0.3) is 0 Å². The molecule has 1 amide bonds. The highest BCUT2D eigenvalue weighted by Crippen LogP contribution is 2.28. The molecule has 0 aliphatic carbocycles. The Balaban J connectivity index is 2.10. The van der Waals surface area contributed by atoms with Crippen molar-refractivity contribution in [1.82, 2.24) is 5.32 Å². The second-order valence-electron chi connectivity index (χ2n) is 5.20. The van der Waals surface area contributed by atoms with Crippen molar-refractivity contribution in [2.75, 3.05) is 25.1 Å². The van der Waals surface area contributed by atoms with Crippen molar-refractivity contribution in [2.24, 2.45) is 5.92 Å². The number of phenolic OH excluding ortho intramolecular Hbond substituents is 1. The highest BCUT2D eigenvalue weighted by Gasteiger charge is 2.33. The Hall–Kier alpha value is -1.59. The first kappa shape index (κ1) is 14.8. The van der Waals surface area contributed by atoms with Gasteiger partial charge in [-0.2, -0.15) is 0 Å². The number of benzene rings is 1. The molecule has 0 radical (unpaired) electrons. The average molecular weight is 278 g/mol. The van der Waals surface area contributed by atoms with Crippen molar-refractivity contribution in [3.8, 4) is 5.75 Å². The second kappa shape index (κ2) is 6.24. The first-order valence-corrected chi connectivity index (χ1v) is 6.95. The van der Waals surface area contributed by atoms with Gasteiger partial charge < -0.3 is 20.5 Å². The van der Waals surface area contributed by atoms with Crippen LogP contribution in [0.15, 0.2) is 12.1 Å². The van der Waals surface area contributed by atoms with Crippen LogP contribution in [0.3, 0.4) is 0 Å². The third-order valence-corrected chi connectivity index (χ3v) is 3.77. The van der Waals surface area contributed by atoms with Gasteiger partial charge >= 0.3 is 0 Å². The third-order valence-electron chi connectivity index (χ3n) is 3.77. The molecule has 3 N–H and O–H groups in total. The van der Waals surface area contributed by atoms with Crippen molar-refractivity contribution in [3.63, 3.8) is 0 Å². The first-order chi connectivity index (χ1) is 9.54. The summed E-state index contributed by atoms with van der Waals surface area (Å²) in [7, 11) is 0. The smallest absolute Gasteiger partial charge is 0.231 e. The lowest BCUT2D eigenvalue weighted by Crippen LogP contribution is -2.41. The number of carbonyl (C=O) groups is 1. The van der Waals surface area contributed by atoms with Crippen LogP contribution in [0.1, 0.15) is 18.1 Å². The SMILES string of the molecule is CCNC1COCC1C(=O)Nc1ccc(C)c(O)c1C. The largest absolute Gasteiger partial charge is 0.507 e. The topological polar surface area (TPSA) is 70.6 Å². The van der Waals surface area contributed by atoms with Gasteiger partial charge in [-0.3, -0.25) is 4.79 Å². The number of aryl methyl sites for hydroxylation is 1. The van der Waals surface area contributed by atoms with Crippen molar-refractivity contribution < 1.29 is 14.6 Å². The molecule has 1 saturated heterocycles. The highest BCUT2D eigenvalue weighted by molar-refractivity contribution is 5.94. The van der Waals surface area contributed by atoms with Gasteiger partial charge in [-0.1, -0.05) is 13.0 Å². The molecule has 1 fully saturated rings. The number of aromatic hydroxyl groups is 1. The van der Waals surface area contributed by atoms with Crippen LogP contribution in [0.5, 0.6) is 5.75 Å². The molecule has 0 aromatic heterocycles. The van der Waals surface area contributed by atoms with E-state index in [0.717, 1.165) is 12.1 Å². The monoisotopic (exact) mass is 278 g/mol. The fourth-order valence-corrected chi connectivity index (χ4v) is 2.47. The Bertz CT molecular complexity index is 502. The number of hydrogen-bond acceptors (Lipinski definition) is 4. The molecule has 20 heavy (non-hydrogen) atoms. The van der Waals surface area contributed by atoms with E-state index in [4.69, 9.17) is 4.74 Å². The molecule has 110 valence electrons. The molecular formula is C15H22N2O3. The third kappa shape index (κ3) is 2.94. The molecule has 1 aliphatic heterocycles. The number of nitrogens with one attached hydrogen (secondary N) is 2. The number of likely N-dealkylation sites (N-methyl/N-ethyl adjacent to an activating group) is 1. The highest BCUT2D eigenvalue weighted by atomic mass is 16.5. The standard InChI is InChI=1S/C15H22N2O3/c1-4-16-13-8-20-7-11(13)15(19)17-12-6-5-9(2)14(18)10(12)3/h5-6,11,13,16,18H,4,7-8H2,1-3H3,(H,17,19). The van der Waals surface area contributed by atoms with Gasteiger partial charge in [-0.25, -0.2) is 0 Å². The van der Waals surface area contributed by atoms with Crippen LogP contribution in [0.4, 0.5) is 5.69 Å². The Kier molecular flexibility index (Phi) is 4.62. The number of hydrogen-bond donors (Lipinski definition) is 3. The molecule has 1 aromatic rings. The minimum absolute atomic E-state index is 0.0550. The normalized spacial score (nSPS) is 21.9. The van der Waals surface area contributed by atoms with Crippen molar-refractivity contribution in [2.45, 2.75) is 26.8 Å². The molecule has 2 unspecified atom stereocenters. The molecule has 0 saturated carbocycles. The summed E-state index contributed by atoms with van der Waals surface area (Å²) < 4.78 is 5.38. The zero-order chi connectivity index (χ0) is 14.7. The van der Waals surface area contributed by atoms with Gasteiger partial charge in [0, 0.05) is 17.3 Å². The molecule has 1 heterocycles. The van der Waals surface area contributed by atoms with Crippen LogP contribution in [-0.4, -0.2) is 36.8 Å². The summed E-state index contributed by atoms with van der Waals surface area (Å²) in [5.74, 6) is -0.0358. The number of amides is 1. The maximum atomic E-state index is 12.3. The lowest BCUT2D eigenvalue weighted by molar-refractivity contribution is -0.120. The predicted octanol–water partition coefficient (Wildman–Crippen LogP) is 1.57. The lowest BCUT2D eigenvalue weighted by atomic mass is 10.0. The van der Waals surface area contributed by atoms with Gasteiger partial charge in [-0.05, 0) is 32.0 Å². The van der Waals surface area contributed by atoms with Gasteiger partial charge in [0.1, 0.15) is 5.75 Å². The van der Waals surface area contributed by atoms with E-state index in [2.05, 4.69) is 10.6 Å². The van der Waals surface area contributed by atoms with Crippen LogP contribution < -0.4 is 10.6 Å². The van der Waals surface area contributed by atoms with E-state index < -0.39 is 0 Å². The maximum absolute atomic E-state index is 12.3. The molecule has 1 aromatic carbocycles. The molecule has 1 aliphatic rings. The fourth-order valence-electron chi connectivity index (χ4n) is 2.47. The van der Waals surface area contributed by atoms with Crippen LogP contribution in [0, 0.1) is 19.8 Å². The van der Waals surface area contributed by atoms with Crippen LogP contribution in [-0.2, 0) is 9.53 Å². The Labute approximate surface area is 119 Å². The van der Waals surface area contributed by atoms with Crippen molar-refractivity contribution >= 4 is 11.6 Å². The summed E-state index contributed by atoms with van der Waals surface area (Å²) in [6, 6.07) is 3.67. The fraction of sp³-hybridized carbons (Fsp3) is 0.533. The van der Waals surface area contributed by atoms with Crippen LogP contribution in [0.2, 0.25) is 0 Å². The lowest BCUT2D eigenvalue weighted by Gasteiger charge is -2.19. The number of phenols is 1. The number of anilines is 1. The quantitative estimate of drug-likeness (QED) is 0.782. The summed E-state index contributed by atoms with van der Waals surface area (Å²) in [6.45, 7) is 7.44. The summed E-state index contributed by atoms with van der Waals surface area (Å²) in [5, 5.41) is 16.1. The summed E-state index contributed by atoms with van der Waals surface area (Å²) in [6.07, 6.45) is 0. The summed E-state index contributed by atoms with van der Waals surface area (Å²) in [4.78, 5) is 12.3. The second-order valence-corrected chi connectivity index (χ2v) is 5.20. The summed E-state index contributed by atoms with van der Waals surface area (Å²) >= 11 is 0. The maximum Gasteiger partial charge on any atom is 0.231 e. The Morgan fingerprint density at radius 2 is 2.15 bits per heavy atom. The predicted molar refractivity (Wildman–Crippen MR) is 78.0 cm³/mol. The number of carbonyl (C=O) groups excluding carboxylic acids is 1. The zero-order valence-corrected chi connectivity index (χ0v) is 12.2. The van der Waals surface area contributed by atoms with E-state index in [-0.39, 0.29) is 23.6 Å². The van der Waals surface area contributed by atoms with Gasteiger partial charge in [0.15, 0.2) is 0 Å². The summed E-state index contributed by atoms with van der Waals surface area (Å²) in [5.41, 5.74) is 2.15. The van der Waals surface area contributed by atoms with E-state index in [1.165, 1.54) is 0 Å². The minimum atomic E-state index is -0.196. The van der Waals surface area contributed by atoms with E-state index in [0.29, 0.717) is 24.5 Å².